The van der Waals surface area contributed by atoms with E-state index in [-0.39, 0.29) is 0 Å². The predicted molar refractivity (Wildman–Crippen MR) is 116 cm³/mol. The molecule has 0 saturated carbocycles. The van der Waals surface area contributed by atoms with Gasteiger partial charge in [-0.3, -0.25) is 4.72 Å². The Hall–Kier alpha value is -1.68. The van der Waals surface area contributed by atoms with E-state index < -0.39 is 30.1 Å². The number of alkyl halides is 3. The number of hydrogen-bond donors (Lipinski definition) is 2. The van der Waals surface area contributed by atoms with Gasteiger partial charge in [0.15, 0.2) is 0 Å². The van der Waals surface area contributed by atoms with Gasteiger partial charge in [0.25, 0.3) is 0 Å². The van der Waals surface area contributed by atoms with Gasteiger partial charge in [-0.25, -0.2) is 0 Å². The minimum Gasteiger partial charge on any atom is -0.399 e. The van der Waals surface area contributed by atoms with Crippen molar-refractivity contribution in [3.05, 3.63) is 53.6 Å². The summed E-state index contributed by atoms with van der Waals surface area (Å²) in [5, 5.41) is 3.32. The molecule has 0 bridgehead atoms. The van der Waals surface area contributed by atoms with Crippen LogP contribution in [0.3, 0.4) is 0 Å². The fraction of sp³-hybridized carbons (Fsp3) is 0.429. The summed E-state index contributed by atoms with van der Waals surface area (Å²) in [6.45, 7) is 8.36. The van der Waals surface area contributed by atoms with E-state index in [0.29, 0.717) is 6.54 Å². The molecule has 0 radical (unpaired) electrons. The lowest BCUT2D eigenvalue weighted by atomic mass is 9.77. The molecule has 30 heavy (non-hydrogen) atoms. The Morgan fingerprint density at radius 2 is 1.57 bits per heavy atom. The molecular formula is C21H26BF3N2O2S. The van der Waals surface area contributed by atoms with Crippen molar-refractivity contribution in [2.24, 2.45) is 0 Å². The van der Waals surface area contributed by atoms with Crippen molar-refractivity contribution in [3.63, 3.8) is 0 Å². The Labute approximate surface area is 180 Å². The van der Waals surface area contributed by atoms with Crippen LogP contribution in [0.2, 0.25) is 0 Å². The van der Waals surface area contributed by atoms with Crippen molar-refractivity contribution >= 4 is 30.2 Å². The lowest BCUT2D eigenvalue weighted by Crippen LogP contribution is -2.41. The molecular weight excluding hydrogens is 412 g/mol. The number of nitrogens with one attached hydrogen (secondary N) is 2. The molecule has 1 saturated heterocycles. The van der Waals surface area contributed by atoms with E-state index in [1.165, 1.54) is 24.1 Å². The van der Waals surface area contributed by atoms with Crippen molar-refractivity contribution in [3.8, 4) is 0 Å². The minimum absolute atomic E-state index is 0.378. The molecule has 162 valence electrons. The summed E-state index contributed by atoms with van der Waals surface area (Å²) in [6.07, 6.45) is -4.34. The number of rotatable bonds is 6. The fourth-order valence-electron chi connectivity index (χ4n) is 3.06. The summed E-state index contributed by atoms with van der Waals surface area (Å²) in [5.74, 6) is 0. The lowest BCUT2D eigenvalue weighted by Gasteiger charge is -2.32. The second-order valence-electron chi connectivity index (χ2n) is 8.19. The summed E-state index contributed by atoms with van der Waals surface area (Å²) < 4.78 is 53.8. The Balaban J connectivity index is 1.82. The van der Waals surface area contributed by atoms with E-state index in [9.17, 15) is 13.2 Å². The summed E-state index contributed by atoms with van der Waals surface area (Å²) >= 11 is 1.48. The Morgan fingerprint density at radius 3 is 2.10 bits per heavy atom. The molecule has 1 fully saturated rings. The van der Waals surface area contributed by atoms with Gasteiger partial charge >= 0.3 is 13.3 Å². The van der Waals surface area contributed by atoms with Gasteiger partial charge in [-0.15, -0.1) is 0 Å². The smallest absolute Gasteiger partial charge is 0.399 e. The maximum Gasteiger partial charge on any atom is 0.497 e. The molecule has 0 atom stereocenters. The summed E-state index contributed by atoms with van der Waals surface area (Å²) in [5.41, 5.74) is 0.798. The third kappa shape index (κ3) is 4.96. The summed E-state index contributed by atoms with van der Waals surface area (Å²) in [4.78, 5) is 1.00. The van der Waals surface area contributed by atoms with Crippen molar-refractivity contribution in [1.82, 2.24) is 4.72 Å². The molecule has 2 N–H and O–H groups in total. The normalized spacial score (nSPS) is 17.9. The maximum absolute atomic E-state index is 12.8. The van der Waals surface area contributed by atoms with Gasteiger partial charge in [0, 0.05) is 22.6 Å². The third-order valence-corrected chi connectivity index (χ3v) is 6.21. The Kier molecular flexibility index (Phi) is 6.48. The topological polar surface area (TPSA) is 42.5 Å². The molecule has 0 amide bonds. The van der Waals surface area contributed by atoms with Crippen LogP contribution in [0.1, 0.15) is 38.8 Å². The second-order valence-corrected chi connectivity index (χ2v) is 9.28. The lowest BCUT2D eigenvalue weighted by molar-refractivity contribution is -0.137. The van der Waals surface area contributed by atoms with Crippen LogP contribution in [-0.2, 0) is 22.0 Å². The number of halogens is 3. The first-order chi connectivity index (χ1) is 13.9. The molecule has 0 spiro atoms. The standard InChI is InChI=1S/C21H26BF3N2O2S/c1-19(2)20(3,4)29-22(28-19)17-12-16(30-26-5)10-11-18(17)27-13-14-6-8-15(9-7-14)21(23,24)25/h6-12,26-27H,13H2,1-5H3. The van der Waals surface area contributed by atoms with Gasteiger partial charge in [0.2, 0.25) is 0 Å². The molecule has 9 heteroatoms. The molecule has 0 unspecified atom stereocenters. The van der Waals surface area contributed by atoms with Gasteiger partial charge in [-0.1, -0.05) is 12.1 Å². The van der Waals surface area contributed by atoms with Crippen molar-refractivity contribution < 1.29 is 22.5 Å². The highest BCUT2D eigenvalue weighted by molar-refractivity contribution is 7.97. The van der Waals surface area contributed by atoms with Crippen LogP contribution >= 0.6 is 11.9 Å². The van der Waals surface area contributed by atoms with E-state index in [0.717, 1.165) is 33.7 Å². The summed E-state index contributed by atoms with van der Waals surface area (Å²) in [7, 11) is 1.29. The van der Waals surface area contributed by atoms with E-state index in [4.69, 9.17) is 9.31 Å². The molecule has 1 aliphatic rings. The van der Waals surface area contributed by atoms with Gasteiger partial charge in [-0.2, -0.15) is 13.2 Å². The quantitative estimate of drug-likeness (QED) is 0.499. The number of hydrogen-bond acceptors (Lipinski definition) is 5. The van der Waals surface area contributed by atoms with Crippen molar-refractivity contribution in [2.45, 2.75) is 56.5 Å². The van der Waals surface area contributed by atoms with Crippen molar-refractivity contribution in [2.75, 3.05) is 12.4 Å². The first-order valence-electron chi connectivity index (χ1n) is 9.66. The monoisotopic (exact) mass is 438 g/mol. The molecule has 2 aromatic carbocycles. The van der Waals surface area contributed by atoms with Crippen LogP contribution in [0, 0.1) is 0 Å². The highest BCUT2D eigenvalue weighted by atomic mass is 32.2. The van der Waals surface area contributed by atoms with Gasteiger partial charge in [0.05, 0.1) is 16.8 Å². The van der Waals surface area contributed by atoms with Crippen LogP contribution in [0.5, 0.6) is 0 Å². The van der Waals surface area contributed by atoms with Gasteiger partial charge in [-0.05, 0) is 82.6 Å². The molecule has 0 aliphatic carbocycles. The van der Waals surface area contributed by atoms with Gasteiger partial charge < -0.3 is 14.6 Å². The predicted octanol–water partition coefficient (Wildman–Crippen LogP) is 4.84. The van der Waals surface area contributed by atoms with E-state index in [1.807, 2.05) is 52.9 Å². The SMILES string of the molecule is CNSc1ccc(NCc2ccc(C(F)(F)F)cc2)c(B2OC(C)(C)C(C)(C)O2)c1. The number of anilines is 1. The van der Waals surface area contributed by atoms with Gasteiger partial charge in [0.1, 0.15) is 0 Å². The molecule has 2 aromatic rings. The average Bonchev–Trinajstić information content (AvgIpc) is 2.88. The molecule has 1 aliphatic heterocycles. The minimum atomic E-state index is -4.34. The van der Waals surface area contributed by atoms with E-state index in [1.54, 1.807) is 0 Å². The maximum atomic E-state index is 12.8. The highest BCUT2D eigenvalue weighted by Gasteiger charge is 2.52. The van der Waals surface area contributed by atoms with Crippen LogP contribution in [0.15, 0.2) is 47.4 Å². The van der Waals surface area contributed by atoms with Crippen LogP contribution in [-0.4, -0.2) is 25.4 Å². The molecule has 0 aromatic heterocycles. The fourth-order valence-corrected chi connectivity index (χ4v) is 3.61. The van der Waals surface area contributed by atoms with E-state index >= 15 is 0 Å². The van der Waals surface area contributed by atoms with Crippen LogP contribution in [0.25, 0.3) is 0 Å². The first-order valence-corrected chi connectivity index (χ1v) is 10.5. The molecule has 3 rings (SSSR count). The van der Waals surface area contributed by atoms with Crippen LogP contribution < -0.4 is 15.5 Å². The van der Waals surface area contributed by atoms with E-state index in [2.05, 4.69) is 10.0 Å². The molecule has 1 heterocycles. The third-order valence-electron chi connectivity index (χ3n) is 5.51. The van der Waals surface area contributed by atoms with Crippen LogP contribution in [0.4, 0.5) is 18.9 Å². The summed E-state index contributed by atoms with van der Waals surface area (Å²) in [6, 6.07) is 11.1. The largest absolute Gasteiger partial charge is 0.497 e. The zero-order valence-corrected chi connectivity index (χ0v) is 18.5. The highest BCUT2D eigenvalue weighted by Crippen LogP contribution is 2.37. The zero-order chi connectivity index (χ0) is 22.2. The Bertz CT molecular complexity index is 873. The molecule has 4 nitrogen and oxygen atoms in total. The van der Waals surface area contributed by atoms with Crippen molar-refractivity contribution in [1.29, 1.82) is 0 Å². The number of benzene rings is 2. The zero-order valence-electron chi connectivity index (χ0n) is 17.7. The second kappa shape index (κ2) is 8.46. The first kappa shape index (κ1) is 23.0. The average molecular weight is 438 g/mol. The Morgan fingerprint density at radius 1 is 0.967 bits per heavy atom.